The lowest BCUT2D eigenvalue weighted by Gasteiger charge is -2.34. The van der Waals surface area contributed by atoms with Gasteiger partial charge in [-0.1, -0.05) is 30.3 Å². The predicted octanol–water partition coefficient (Wildman–Crippen LogP) is -0.176. The first-order chi connectivity index (χ1) is 12.5. The molecule has 0 atom stereocenters. The van der Waals surface area contributed by atoms with Gasteiger partial charge in [-0.15, -0.1) is 5.10 Å². The van der Waals surface area contributed by atoms with Crippen LogP contribution in [0, 0.1) is 11.3 Å². The van der Waals surface area contributed by atoms with E-state index in [4.69, 9.17) is 5.26 Å². The number of hydrogen-bond acceptors (Lipinski definition) is 6. The van der Waals surface area contributed by atoms with Crippen LogP contribution in [0.15, 0.2) is 36.7 Å². The van der Waals surface area contributed by atoms with Gasteiger partial charge in [0, 0.05) is 26.2 Å². The van der Waals surface area contributed by atoms with Crippen LogP contribution in [0.4, 0.5) is 0 Å². The first-order valence-corrected chi connectivity index (χ1v) is 9.68. The number of rotatable bonds is 5. The molecule has 0 unspecified atom stereocenters. The van der Waals surface area contributed by atoms with Crippen LogP contribution >= 0.6 is 0 Å². The maximum absolute atomic E-state index is 12.5. The Hall–Kier alpha value is -2.77. The minimum absolute atomic E-state index is 0.00891. The highest BCUT2D eigenvalue weighted by molar-refractivity contribution is 7.88. The van der Waals surface area contributed by atoms with Crippen molar-refractivity contribution in [2.24, 2.45) is 0 Å². The Morgan fingerprint density at radius 2 is 1.85 bits per heavy atom. The van der Waals surface area contributed by atoms with Gasteiger partial charge in [0.2, 0.25) is 15.9 Å². The lowest BCUT2D eigenvalue weighted by molar-refractivity contribution is -0.133. The number of carbonyl (C=O) groups excluding carboxylic acids is 1. The summed E-state index contributed by atoms with van der Waals surface area (Å²) in [5.74, 6) is -0.216. The molecule has 0 aliphatic carbocycles. The van der Waals surface area contributed by atoms with Crippen LogP contribution in [-0.4, -0.2) is 64.5 Å². The molecule has 1 aromatic carbocycles. The SMILES string of the molecule is N#Cc1ncn(CC(=O)N2CCN(S(=O)(=O)Cc3ccccc3)CC2)n1. The van der Waals surface area contributed by atoms with E-state index < -0.39 is 10.0 Å². The Morgan fingerprint density at radius 3 is 2.46 bits per heavy atom. The molecule has 0 N–H and O–H groups in total. The third-order valence-electron chi connectivity index (χ3n) is 4.11. The summed E-state index contributed by atoms with van der Waals surface area (Å²) >= 11 is 0. The Balaban J connectivity index is 1.55. The zero-order chi connectivity index (χ0) is 18.6. The van der Waals surface area contributed by atoms with Gasteiger partial charge in [-0.25, -0.2) is 18.1 Å². The highest BCUT2D eigenvalue weighted by Gasteiger charge is 2.29. The number of aromatic nitrogens is 3. The summed E-state index contributed by atoms with van der Waals surface area (Å²) in [6.07, 6.45) is 1.33. The van der Waals surface area contributed by atoms with Gasteiger partial charge >= 0.3 is 0 Å². The molecule has 136 valence electrons. The van der Waals surface area contributed by atoms with Crippen LogP contribution in [0.1, 0.15) is 11.4 Å². The number of nitriles is 1. The van der Waals surface area contributed by atoms with Gasteiger partial charge in [0.05, 0.1) is 5.75 Å². The molecule has 26 heavy (non-hydrogen) atoms. The largest absolute Gasteiger partial charge is 0.338 e. The third-order valence-corrected chi connectivity index (χ3v) is 5.96. The topological polar surface area (TPSA) is 112 Å². The average molecular weight is 374 g/mol. The van der Waals surface area contributed by atoms with Crippen molar-refractivity contribution in [3.8, 4) is 6.07 Å². The first kappa shape index (κ1) is 18.0. The van der Waals surface area contributed by atoms with Crippen molar-refractivity contribution in [3.05, 3.63) is 48.0 Å². The fourth-order valence-corrected chi connectivity index (χ4v) is 4.27. The van der Waals surface area contributed by atoms with Crippen molar-refractivity contribution < 1.29 is 13.2 Å². The number of hydrogen-bond donors (Lipinski definition) is 0. The van der Waals surface area contributed by atoms with E-state index in [9.17, 15) is 13.2 Å². The Morgan fingerprint density at radius 1 is 1.15 bits per heavy atom. The second-order valence-corrected chi connectivity index (χ2v) is 7.87. The molecule has 3 rings (SSSR count). The van der Waals surface area contributed by atoms with E-state index in [1.165, 1.54) is 15.3 Å². The Kier molecular flexibility index (Phi) is 5.29. The third kappa shape index (κ3) is 4.25. The Bertz CT molecular complexity index is 911. The molecule has 1 aromatic heterocycles. The van der Waals surface area contributed by atoms with Gasteiger partial charge in [-0.3, -0.25) is 4.79 Å². The van der Waals surface area contributed by atoms with Crippen LogP contribution in [0.3, 0.4) is 0 Å². The molecule has 2 heterocycles. The molecule has 1 fully saturated rings. The monoisotopic (exact) mass is 374 g/mol. The average Bonchev–Trinajstić information content (AvgIpc) is 3.10. The van der Waals surface area contributed by atoms with E-state index in [0.717, 1.165) is 5.56 Å². The molecule has 0 saturated carbocycles. The highest BCUT2D eigenvalue weighted by Crippen LogP contribution is 2.14. The van der Waals surface area contributed by atoms with Gasteiger partial charge in [-0.2, -0.15) is 9.57 Å². The molecule has 0 spiro atoms. The van der Waals surface area contributed by atoms with Crippen molar-refractivity contribution in [1.82, 2.24) is 24.0 Å². The maximum Gasteiger partial charge on any atom is 0.252 e. The molecular weight excluding hydrogens is 356 g/mol. The molecule has 1 aliphatic rings. The van der Waals surface area contributed by atoms with Gasteiger partial charge in [0.25, 0.3) is 5.82 Å². The van der Waals surface area contributed by atoms with Crippen LogP contribution < -0.4 is 0 Å². The minimum atomic E-state index is -3.41. The smallest absolute Gasteiger partial charge is 0.252 e. The first-order valence-electron chi connectivity index (χ1n) is 8.07. The molecule has 0 bridgehead atoms. The van der Waals surface area contributed by atoms with Gasteiger partial charge < -0.3 is 4.90 Å². The number of benzene rings is 1. The summed E-state index contributed by atoms with van der Waals surface area (Å²) in [6, 6.07) is 10.8. The van der Waals surface area contributed by atoms with E-state index in [1.807, 2.05) is 18.2 Å². The second-order valence-electron chi connectivity index (χ2n) is 5.90. The van der Waals surface area contributed by atoms with Gasteiger partial charge in [0.15, 0.2) is 0 Å². The summed E-state index contributed by atoms with van der Waals surface area (Å²) in [5.41, 5.74) is 0.741. The lowest BCUT2D eigenvalue weighted by Crippen LogP contribution is -2.51. The quantitative estimate of drug-likeness (QED) is 0.718. The highest BCUT2D eigenvalue weighted by atomic mass is 32.2. The number of carbonyl (C=O) groups is 1. The van der Waals surface area contributed by atoms with Crippen LogP contribution in [0.5, 0.6) is 0 Å². The predicted molar refractivity (Wildman–Crippen MR) is 92.0 cm³/mol. The summed E-state index contributed by atoms with van der Waals surface area (Å²) in [5, 5.41) is 12.6. The van der Waals surface area contributed by atoms with E-state index in [0.29, 0.717) is 13.1 Å². The van der Waals surface area contributed by atoms with Crippen LogP contribution in [-0.2, 0) is 27.1 Å². The van der Waals surface area contributed by atoms with Crippen LogP contribution in [0.2, 0.25) is 0 Å². The van der Waals surface area contributed by atoms with E-state index in [1.54, 1.807) is 23.1 Å². The zero-order valence-corrected chi connectivity index (χ0v) is 14.8. The molecule has 1 amide bonds. The van der Waals surface area contributed by atoms with E-state index in [-0.39, 0.29) is 37.1 Å². The van der Waals surface area contributed by atoms with Crippen molar-refractivity contribution in [3.63, 3.8) is 0 Å². The summed E-state index contributed by atoms with van der Waals surface area (Å²) in [6.45, 7) is 1.16. The maximum atomic E-state index is 12.5. The summed E-state index contributed by atoms with van der Waals surface area (Å²) in [4.78, 5) is 17.6. The number of sulfonamides is 1. The molecular formula is C16H18N6O3S. The summed E-state index contributed by atoms with van der Waals surface area (Å²) < 4.78 is 27.8. The molecule has 1 aliphatic heterocycles. The van der Waals surface area contributed by atoms with Crippen molar-refractivity contribution in [1.29, 1.82) is 5.26 Å². The van der Waals surface area contributed by atoms with Crippen molar-refractivity contribution in [2.75, 3.05) is 26.2 Å². The number of amides is 1. The Labute approximate surface area is 151 Å². The van der Waals surface area contributed by atoms with Crippen LogP contribution in [0.25, 0.3) is 0 Å². The standard InChI is InChI=1S/C16H18N6O3S/c17-10-15-18-13-21(19-15)11-16(23)20-6-8-22(9-7-20)26(24,25)12-14-4-2-1-3-5-14/h1-5,13H,6-9,11-12H2. The van der Waals surface area contributed by atoms with Crippen molar-refractivity contribution >= 4 is 15.9 Å². The van der Waals surface area contributed by atoms with Gasteiger partial charge in [-0.05, 0) is 5.56 Å². The lowest BCUT2D eigenvalue weighted by atomic mass is 10.2. The molecule has 0 radical (unpaired) electrons. The molecule has 10 heteroatoms. The normalized spacial score (nSPS) is 15.6. The molecule has 2 aromatic rings. The number of piperazine rings is 1. The number of nitrogens with zero attached hydrogens (tertiary/aromatic N) is 6. The van der Waals surface area contributed by atoms with Gasteiger partial charge in [0.1, 0.15) is 18.9 Å². The fourth-order valence-electron chi connectivity index (χ4n) is 2.75. The van der Waals surface area contributed by atoms with Crippen molar-refractivity contribution in [2.45, 2.75) is 12.3 Å². The molecule has 9 nitrogen and oxygen atoms in total. The van der Waals surface area contributed by atoms with E-state index in [2.05, 4.69) is 10.1 Å². The fraction of sp³-hybridized carbons (Fsp3) is 0.375. The molecule has 1 saturated heterocycles. The zero-order valence-electron chi connectivity index (χ0n) is 14.0. The summed E-state index contributed by atoms with van der Waals surface area (Å²) in [7, 11) is -3.41. The minimum Gasteiger partial charge on any atom is -0.338 e. The van der Waals surface area contributed by atoms with E-state index >= 15 is 0 Å². The second kappa shape index (κ2) is 7.63.